The number of nitrogens with one attached hydrogen (secondary N) is 3. The van der Waals surface area contributed by atoms with Gasteiger partial charge in [-0.3, -0.25) is 19.2 Å². The second-order valence-corrected chi connectivity index (χ2v) is 8.36. The van der Waals surface area contributed by atoms with Gasteiger partial charge in [0.1, 0.15) is 18.1 Å². The first-order chi connectivity index (χ1) is 17.6. The van der Waals surface area contributed by atoms with E-state index >= 15 is 0 Å². The van der Waals surface area contributed by atoms with Crippen LogP contribution in [0.4, 0.5) is 0 Å². The summed E-state index contributed by atoms with van der Waals surface area (Å²) >= 11 is 0. The SMILES string of the molecule is NC(=O)CC(NC(=O)C(N)Cc1ccccc1)C(=O)NC(CO)C(=O)NC(Cc1ccccc1)C(=O)O. The average molecular weight is 514 g/mol. The van der Waals surface area contributed by atoms with Gasteiger partial charge in [0.05, 0.1) is 19.1 Å². The number of carbonyl (C=O) groups excluding carboxylic acids is 4. The van der Waals surface area contributed by atoms with Gasteiger partial charge in [0, 0.05) is 6.42 Å². The van der Waals surface area contributed by atoms with Gasteiger partial charge in [-0.05, 0) is 17.5 Å². The molecule has 0 radical (unpaired) electrons. The maximum atomic E-state index is 12.8. The molecule has 2 rings (SSSR count). The first-order valence-corrected chi connectivity index (χ1v) is 11.5. The first kappa shape index (κ1) is 28.9. The Morgan fingerprint density at radius 3 is 1.65 bits per heavy atom. The van der Waals surface area contributed by atoms with E-state index < -0.39 is 66.8 Å². The maximum Gasteiger partial charge on any atom is 0.326 e. The molecule has 0 aromatic heterocycles. The minimum atomic E-state index is -1.56. The molecule has 0 aliphatic heterocycles. The van der Waals surface area contributed by atoms with Gasteiger partial charge in [-0.2, -0.15) is 0 Å². The van der Waals surface area contributed by atoms with Crippen LogP contribution in [0.1, 0.15) is 17.5 Å². The first-order valence-electron chi connectivity index (χ1n) is 11.5. The van der Waals surface area contributed by atoms with Crippen LogP contribution in [0.3, 0.4) is 0 Å². The second-order valence-electron chi connectivity index (χ2n) is 8.36. The minimum absolute atomic E-state index is 0.0341. The Hall–Kier alpha value is -4.29. The summed E-state index contributed by atoms with van der Waals surface area (Å²) in [5.41, 5.74) is 12.6. The number of nitrogens with two attached hydrogens (primary N) is 2. The third-order valence-electron chi connectivity index (χ3n) is 5.39. The zero-order valence-electron chi connectivity index (χ0n) is 20.0. The summed E-state index contributed by atoms with van der Waals surface area (Å²) in [7, 11) is 0. The molecular weight excluding hydrogens is 482 g/mol. The smallest absolute Gasteiger partial charge is 0.326 e. The fourth-order valence-corrected chi connectivity index (χ4v) is 3.44. The van der Waals surface area contributed by atoms with Gasteiger partial charge in [0.25, 0.3) is 0 Å². The van der Waals surface area contributed by atoms with E-state index in [-0.39, 0.29) is 12.8 Å². The van der Waals surface area contributed by atoms with E-state index in [1.165, 1.54) is 0 Å². The van der Waals surface area contributed by atoms with Crippen molar-refractivity contribution in [3.05, 3.63) is 71.8 Å². The Morgan fingerprint density at radius 1 is 0.703 bits per heavy atom. The Morgan fingerprint density at radius 2 is 1.16 bits per heavy atom. The standard InChI is InChI=1S/C25H31N5O7/c26-17(11-15-7-3-1-4-8-15)22(33)28-18(13-21(27)32)23(34)30-20(14-31)24(35)29-19(25(36)37)12-16-9-5-2-6-10-16/h1-10,17-20,31H,11-14,26H2,(H2,27,32)(H,28,33)(H,29,35)(H,30,34)(H,36,37). The molecule has 2 aromatic carbocycles. The van der Waals surface area contributed by atoms with Crippen LogP contribution >= 0.6 is 0 Å². The van der Waals surface area contributed by atoms with Gasteiger partial charge in [0.15, 0.2) is 0 Å². The monoisotopic (exact) mass is 513 g/mol. The molecule has 0 saturated carbocycles. The molecule has 0 spiro atoms. The predicted octanol–water partition coefficient (Wildman–Crippen LogP) is -1.79. The Labute approximate surface area is 213 Å². The normalized spacial score (nSPS) is 13.9. The summed E-state index contributed by atoms with van der Waals surface area (Å²) in [6, 6.07) is 12.0. The minimum Gasteiger partial charge on any atom is -0.480 e. The summed E-state index contributed by atoms with van der Waals surface area (Å²) in [6.07, 6.45) is -0.466. The molecule has 0 heterocycles. The van der Waals surface area contributed by atoms with Crippen LogP contribution in [-0.2, 0) is 36.8 Å². The van der Waals surface area contributed by atoms with Crippen molar-refractivity contribution < 1.29 is 34.2 Å². The van der Waals surface area contributed by atoms with Crippen molar-refractivity contribution in [2.45, 2.75) is 43.4 Å². The number of primary amides is 1. The summed E-state index contributed by atoms with van der Waals surface area (Å²) in [4.78, 5) is 61.2. The lowest BCUT2D eigenvalue weighted by atomic mass is 10.0. The molecule has 9 N–H and O–H groups in total. The number of hydrogen-bond acceptors (Lipinski definition) is 7. The number of carboxylic acid groups (broad SMARTS) is 1. The largest absolute Gasteiger partial charge is 0.480 e. The fraction of sp³-hybridized carbons (Fsp3) is 0.320. The quantitative estimate of drug-likeness (QED) is 0.153. The van der Waals surface area contributed by atoms with Gasteiger partial charge >= 0.3 is 5.97 Å². The Balaban J connectivity index is 2.04. The molecule has 0 saturated heterocycles. The molecule has 12 nitrogen and oxygen atoms in total. The molecule has 4 atom stereocenters. The van der Waals surface area contributed by atoms with Gasteiger partial charge in [-0.15, -0.1) is 0 Å². The van der Waals surface area contributed by atoms with Crippen molar-refractivity contribution in [1.29, 1.82) is 0 Å². The van der Waals surface area contributed by atoms with Crippen molar-refractivity contribution in [1.82, 2.24) is 16.0 Å². The van der Waals surface area contributed by atoms with Crippen LogP contribution in [-0.4, -0.2) is 70.6 Å². The zero-order chi connectivity index (χ0) is 27.4. The average Bonchev–Trinajstić information content (AvgIpc) is 2.87. The number of amides is 4. The van der Waals surface area contributed by atoms with E-state index in [4.69, 9.17) is 11.5 Å². The van der Waals surface area contributed by atoms with Crippen molar-refractivity contribution in [3.63, 3.8) is 0 Å². The maximum absolute atomic E-state index is 12.8. The highest BCUT2D eigenvalue weighted by Gasteiger charge is 2.31. The number of carboxylic acids is 1. The lowest BCUT2D eigenvalue weighted by molar-refractivity contribution is -0.142. The van der Waals surface area contributed by atoms with E-state index in [2.05, 4.69) is 16.0 Å². The topological polar surface area (TPSA) is 214 Å². The third kappa shape index (κ3) is 9.70. The molecule has 4 unspecified atom stereocenters. The van der Waals surface area contributed by atoms with Gasteiger partial charge < -0.3 is 37.6 Å². The van der Waals surface area contributed by atoms with Crippen LogP contribution in [0.5, 0.6) is 0 Å². The molecule has 4 amide bonds. The van der Waals surface area contributed by atoms with Gasteiger partial charge in [-0.1, -0.05) is 60.7 Å². The van der Waals surface area contributed by atoms with E-state index in [0.29, 0.717) is 5.56 Å². The van der Waals surface area contributed by atoms with Crippen LogP contribution < -0.4 is 27.4 Å². The number of hydrogen-bond donors (Lipinski definition) is 7. The molecule has 12 heteroatoms. The van der Waals surface area contributed by atoms with Crippen molar-refractivity contribution in [2.24, 2.45) is 11.5 Å². The Kier molecular flexibility index (Phi) is 11.2. The molecule has 0 bridgehead atoms. The molecule has 0 aliphatic carbocycles. The summed E-state index contributed by atoms with van der Waals surface area (Å²) in [5.74, 6) is -4.90. The Bertz CT molecular complexity index is 1080. The van der Waals surface area contributed by atoms with Crippen LogP contribution in [0.15, 0.2) is 60.7 Å². The van der Waals surface area contributed by atoms with Crippen molar-refractivity contribution >= 4 is 29.6 Å². The van der Waals surface area contributed by atoms with Crippen molar-refractivity contribution in [2.75, 3.05) is 6.61 Å². The lowest BCUT2D eigenvalue weighted by Gasteiger charge is -2.24. The molecule has 2 aromatic rings. The summed E-state index contributed by atoms with van der Waals surface area (Å²) in [6.45, 7) is -0.875. The predicted molar refractivity (Wildman–Crippen MR) is 133 cm³/mol. The highest BCUT2D eigenvalue weighted by Crippen LogP contribution is 2.05. The summed E-state index contributed by atoms with van der Waals surface area (Å²) in [5, 5.41) is 26.0. The van der Waals surface area contributed by atoms with Crippen LogP contribution in [0, 0.1) is 0 Å². The zero-order valence-corrected chi connectivity index (χ0v) is 20.0. The van der Waals surface area contributed by atoms with Crippen molar-refractivity contribution in [3.8, 4) is 0 Å². The number of carbonyl (C=O) groups is 5. The lowest BCUT2D eigenvalue weighted by Crippen LogP contribution is -2.59. The summed E-state index contributed by atoms with van der Waals surface area (Å²) < 4.78 is 0. The van der Waals surface area contributed by atoms with Crippen LogP contribution in [0.2, 0.25) is 0 Å². The fourth-order valence-electron chi connectivity index (χ4n) is 3.44. The third-order valence-corrected chi connectivity index (χ3v) is 5.39. The molecular formula is C25H31N5O7. The van der Waals surface area contributed by atoms with E-state index in [1.54, 1.807) is 60.7 Å². The van der Waals surface area contributed by atoms with E-state index in [1.807, 2.05) is 0 Å². The highest BCUT2D eigenvalue weighted by atomic mass is 16.4. The number of aliphatic hydroxyl groups is 1. The molecule has 0 aliphatic rings. The van der Waals surface area contributed by atoms with E-state index in [0.717, 1.165) is 5.56 Å². The number of aliphatic carboxylic acids is 1. The highest BCUT2D eigenvalue weighted by molar-refractivity contribution is 5.96. The molecule has 37 heavy (non-hydrogen) atoms. The second kappa shape index (κ2) is 14.3. The number of rotatable bonds is 14. The van der Waals surface area contributed by atoms with Crippen LogP contribution in [0.25, 0.3) is 0 Å². The van der Waals surface area contributed by atoms with E-state index in [9.17, 15) is 34.2 Å². The molecule has 0 fully saturated rings. The number of benzene rings is 2. The molecule has 198 valence electrons. The van der Waals surface area contributed by atoms with Gasteiger partial charge in [0.2, 0.25) is 23.6 Å². The van der Waals surface area contributed by atoms with Gasteiger partial charge in [-0.25, -0.2) is 4.79 Å². The number of aliphatic hydroxyl groups excluding tert-OH is 1.